The first-order valence-electron chi connectivity index (χ1n) is 10.8. The Morgan fingerprint density at radius 1 is 0.625 bits per heavy atom. The average molecular weight is 443 g/mol. The molecule has 1 heterocycles. The van der Waals surface area contributed by atoms with Crippen LogP contribution in [0.15, 0.2) is 54.6 Å². The molecule has 2 amide bonds. The van der Waals surface area contributed by atoms with Crippen molar-refractivity contribution in [3.8, 4) is 0 Å². The van der Waals surface area contributed by atoms with Crippen LogP contribution in [0.1, 0.15) is 20.7 Å². The van der Waals surface area contributed by atoms with Crippen LogP contribution in [-0.4, -0.2) is 82.7 Å². The van der Waals surface area contributed by atoms with Crippen molar-refractivity contribution in [2.24, 2.45) is 0 Å². The normalized spacial score (nSPS) is 17.1. The van der Waals surface area contributed by atoms with Crippen LogP contribution >= 0.6 is 0 Å². The van der Waals surface area contributed by atoms with E-state index in [9.17, 15) is 9.59 Å². The minimum Gasteiger partial charge on any atom is -0.377 e. The minimum atomic E-state index is -0.333. The maximum Gasteiger partial charge on any atom is 0.256 e. The van der Waals surface area contributed by atoms with E-state index in [1.165, 1.54) is 0 Å². The Kier molecular flexibility index (Phi) is 10.1. The number of carbonyl (C=O) groups excluding carboxylic acids is 2. The molecule has 8 nitrogen and oxygen atoms in total. The van der Waals surface area contributed by atoms with E-state index >= 15 is 0 Å². The number of para-hydroxylation sites is 1. The van der Waals surface area contributed by atoms with Crippen LogP contribution in [-0.2, 0) is 18.9 Å². The van der Waals surface area contributed by atoms with Crippen molar-refractivity contribution >= 4 is 17.5 Å². The molecule has 1 aliphatic heterocycles. The Morgan fingerprint density at radius 3 is 1.66 bits per heavy atom. The van der Waals surface area contributed by atoms with Gasteiger partial charge in [0.25, 0.3) is 11.8 Å². The number of amides is 2. The fraction of sp³-hybridized carbons (Fsp3) is 0.417. The summed E-state index contributed by atoms with van der Waals surface area (Å²) < 4.78 is 22.1. The Balaban J connectivity index is 1.69. The third kappa shape index (κ3) is 7.72. The van der Waals surface area contributed by atoms with E-state index in [0.717, 1.165) is 0 Å². The Morgan fingerprint density at radius 2 is 1.09 bits per heavy atom. The molecule has 0 aliphatic carbocycles. The average Bonchev–Trinajstić information content (AvgIpc) is 2.83. The van der Waals surface area contributed by atoms with Crippen molar-refractivity contribution in [1.82, 2.24) is 4.90 Å². The van der Waals surface area contributed by atoms with E-state index in [2.05, 4.69) is 5.32 Å². The lowest BCUT2D eigenvalue weighted by Gasteiger charge is -2.24. The fourth-order valence-electron chi connectivity index (χ4n) is 3.18. The first-order chi connectivity index (χ1) is 15.8. The van der Waals surface area contributed by atoms with Crippen LogP contribution in [0.25, 0.3) is 0 Å². The molecule has 0 spiro atoms. The van der Waals surface area contributed by atoms with Gasteiger partial charge < -0.3 is 29.2 Å². The van der Waals surface area contributed by atoms with Gasteiger partial charge in [0.2, 0.25) is 0 Å². The number of benzene rings is 2. The van der Waals surface area contributed by atoms with E-state index in [-0.39, 0.29) is 11.8 Å². The molecule has 3 rings (SSSR count). The van der Waals surface area contributed by atoms with Crippen molar-refractivity contribution < 1.29 is 28.5 Å². The van der Waals surface area contributed by atoms with Gasteiger partial charge in [-0.2, -0.15) is 0 Å². The van der Waals surface area contributed by atoms with Gasteiger partial charge in [-0.25, -0.2) is 0 Å². The van der Waals surface area contributed by atoms with Gasteiger partial charge >= 0.3 is 0 Å². The molecule has 0 atom stereocenters. The summed E-state index contributed by atoms with van der Waals surface area (Å²) in [7, 11) is 0. The zero-order chi connectivity index (χ0) is 22.4. The van der Waals surface area contributed by atoms with Crippen LogP contribution in [0.4, 0.5) is 5.69 Å². The molecule has 8 heteroatoms. The number of hydrogen-bond acceptors (Lipinski definition) is 6. The first-order valence-corrected chi connectivity index (χ1v) is 10.8. The largest absolute Gasteiger partial charge is 0.377 e. The first kappa shape index (κ1) is 23.9. The Hall–Kier alpha value is -2.78. The van der Waals surface area contributed by atoms with E-state index in [1.807, 2.05) is 18.2 Å². The molecular weight excluding hydrogens is 412 g/mol. The predicted molar refractivity (Wildman–Crippen MR) is 120 cm³/mol. The SMILES string of the molecule is O=C(Nc1ccccc1)c1ccccc1C(=O)N1CCOCCOCCOCCOCC1. The van der Waals surface area contributed by atoms with Gasteiger partial charge in [-0.3, -0.25) is 9.59 Å². The van der Waals surface area contributed by atoms with Crippen molar-refractivity contribution in [2.45, 2.75) is 0 Å². The summed E-state index contributed by atoms with van der Waals surface area (Å²) in [6, 6.07) is 16.0. The smallest absolute Gasteiger partial charge is 0.256 e. The molecule has 172 valence electrons. The maximum absolute atomic E-state index is 13.4. The molecule has 1 fully saturated rings. The van der Waals surface area contributed by atoms with Crippen molar-refractivity contribution in [3.63, 3.8) is 0 Å². The van der Waals surface area contributed by atoms with Gasteiger partial charge in [0, 0.05) is 18.8 Å². The van der Waals surface area contributed by atoms with E-state index < -0.39 is 0 Å². The number of nitrogens with zero attached hydrogens (tertiary/aromatic N) is 1. The summed E-state index contributed by atoms with van der Waals surface area (Å²) in [4.78, 5) is 27.9. The standard InChI is InChI=1S/C24H30N2O6/c27-23(25-20-6-2-1-3-7-20)21-8-4-5-9-22(21)24(28)26-10-12-29-14-16-31-18-19-32-17-15-30-13-11-26/h1-9H,10-19H2,(H,25,27). The lowest BCUT2D eigenvalue weighted by molar-refractivity contribution is 0.00206. The van der Waals surface area contributed by atoms with Crippen molar-refractivity contribution in [1.29, 1.82) is 0 Å². The Bertz CT molecular complexity index is 829. The molecule has 0 saturated carbocycles. The number of carbonyl (C=O) groups is 2. The second-order valence-electron chi connectivity index (χ2n) is 7.11. The summed E-state index contributed by atoms with van der Waals surface area (Å²) >= 11 is 0. The van der Waals surface area contributed by atoms with Gasteiger partial charge in [-0.15, -0.1) is 0 Å². The summed E-state index contributed by atoms with van der Waals surface area (Å²) in [5.41, 5.74) is 1.33. The van der Waals surface area contributed by atoms with Crippen LogP contribution in [0.3, 0.4) is 0 Å². The Labute approximate surface area is 188 Å². The van der Waals surface area contributed by atoms with Crippen molar-refractivity contribution in [2.75, 3.05) is 71.3 Å². The molecule has 1 N–H and O–H groups in total. The molecule has 32 heavy (non-hydrogen) atoms. The topological polar surface area (TPSA) is 86.3 Å². The van der Waals surface area contributed by atoms with Gasteiger partial charge in [-0.05, 0) is 24.3 Å². The highest BCUT2D eigenvalue weighted by molar-refractivity contribution is 6.12. The van der Waals surface area contributed by atoms with Crippen LogP contribution in [0.2, 0.25) is 0 Å². The summed E-state index contributed by atoms with van der Waals surface area (Å²) in [6.07, 6.45) is 0. The van der Waals surface area contributed by atoms with Crippen molar-refractivity contribution in [3.05, 3.63) is 65.7 Å². The van der Waals surface area contributed by atoms with Crippen LogP contribution < -0.4 is 5.32 Å². The van der Waals surface area contributed by atoms with Gasteiger partial charge in [0.1, 0.15) is 0 Å². The molecule has 0 aromatic heterocycles. The second kappa shape index (κ2) is 13.6. The third-order valence-corrected chi connectivity index (χ3v) is 4.85. The van der Waals surface area contributed by atoms with E-state index in [4.69, 9.17) is 18.9 Å². The predicted octanol–water partition coefficient (Wildman–Crippen LogP) is 2.46. The molecule has 2 aromatic carbocycles. The van der Waals surface area contributed by atoms with E-state index in [1.54, 1.807) is 41.3 Å². The molecule has 1 saturated heterocycles. The molecule has 0 unspecified atom stereocenters. The number of ether oxygens (including phenoxy) is 4. The van der Waals surface area contributed by atoms with E-state index in [0.29, 0.717) is 82.8 Å². The van der Waals surface area contributed by atoms with Gasteiger partial charge in [0.05, 0.1) is 64.0 Å². The molecule has 0 bridgehead atoms. The summed E-state index contributed by atoms with van der Waals surface area (Å²) in [6.45, 7) is 4.33. The molecule has 1 aliphatic rings. The summed E-state index contributed by atoms with van der Waals surface area (Å²) in [5.74, 6) is -0.576. The number of hydrogen-bond donors (Lipinski definition) is 1. The highest BCUT2D eigenvalue weighted by atomic mass is 16.6. The number of rotatable bonds is 3. The quantitative estimate of drug-likeness (QED) is 0.786. The molecular formula is C24H30N2O6. The summed E-state index contributed by atoms with van der Waals surface area (Å²) in [5, 5.41) is 2.84. The monoisotopic (exact) mass is 442 g/mol. The third-order valence-electron chi connectivity index (χ3n) is 4.85. The highest BCUT2D eigenvalue weighted by Crippen LogP contribution is 2.15. The fourth-order valence-corrected chi connectivity index (χ4v) is 3.18. The number of anilines is 1. The minimum absolute atomic E-state index is 0.243. The zero-order valence-corrected chi connectivity index (χ0v) is 18.2. The number of nitrogens with one attached hydrogen (secondary N) is 1. The maximum atomic E-state index is 13.4. The second-order valence-corrected chi connectivity index (χ2v) is 7.11. The van der Waals surface area contributed by atoms with Gasteiger partial charge in [-0.1, -0.05) is 30.3 Å². The molecule has 0 radical (unpaired) electrons. The lowest BCUT2D eigenvalue weighted by Crippen LogP contribution is -2.38. The lowest BCUT2D eigenvalue weighted by atomic mass is 10.1. The van der Waals surface area contributed by atoms with Crippen LogP contribution in [0.5, 0.6) is 0 Å². The molecule has 2 aromatic rings. The highest BCUT2D eigenvalue weighted by Gasteiger charge is 2.22. The van der Waals surface area contributed by atoms with Gasteiger partial charge in [0.15, 0.2) is 0 Å². The van der Waals surface area contributed by atoms with Crippen LogP contribution in [0, 0.1) is 0 Å². The zero-order valence-electron chi connectivity index (χ0n) is 18.2.